The number of hydrogen-bond acceptors (Lipinski definition) is 4. The molecule has 8 nitrogen and oxygen atoms in total. The van der Waals surface area contributed by atoms with Crippen LogP contribution in [0.4, 0.5) is 4.79 Å². The number of likely N-dealkylation sites (N-methyl/N-ethyl adjacent to an activating group) is 1. The summed E-state index contributed by atoms with van der Waals surface area (Å²) in [6, 6.07) is -0.683. The average Bonchev–Trinajstić information content (AvgIpc) is 2.25. The Hall–Kier alpha value is -1.83. The molecular weight excluding hydrogens is 230 g/mol. The Bertz CT molecular complexity index is 282. The number of aliphatic carboxylic acids is 1. The number of carboxylic acid groups (broad SMARTS) is 1. The molecule has 0 aromatic carbocycles. The largest absolute Gasteiger partial charge is 0.479 e. The lowest BCUT2D eigenvalue weighted by molar-refractivity contribution is -0.144. The van der Waals surface area contributed by atoms with Gasteiger partial charge in [-0.25, -0.2) is 15.1 Å². The zero-order valence-electron chi connectivity index (χ0n) is 9.86. The Morgan fingerprint density at radius 3 is 2.53 bits per heavy atom. The summed E-state index contributed by atoms with van der Waals surface area (Å²) in [5.74, 6) is -1.49. The molecule has 0 aromatic heterocycles. The fourth-order valence-electron chi connectivity index (χ4n) is 0.845. The second-order valence-electron chi connectivity index (χ2n) is 3.30. The lowest BCUT2D eigenvalue weighted by Gasteiger charge is -2.16. The van der Waals surface area contributed by atoms with Crippen molar-refractivity contribution in [2.75, 3.05) is 26.7 Å². The van der Waals surface area contributed by atoms with Crippen molar-refractivity contribution < 1.29 is 24.3 Å². The van der Waals surface area contributed by atoms with Crippen molar-refractivity contribution in [3.8, 4) is 0 Å². The average molecular weight is 247 g/mol. The number of urea groups is 1. The fourth-order valence-corrected chi connectivity index (χ4v) is 0.845. The van der Waals surface area contributed by atoms with Crippen LogP contribution < -0.4 is 10.8 Å². The Kier molecular flexibility index (Phi) is 7.44. The van der Waals surface area contributed by atoms with E-state index in [0.29, 0.717) is 6.54 Å². The maximum atomic E-state index is 11.3. The molecule has 0 aliphatic heterocycles. The lowest BCUT2D eigenvalue weighted by atomic mass is 10.4. The van der Waals surface area contributed by atoms with Crippen LogP contribution in [0.5, 0.6) is 0 Å². The molecular formula is C9H17N3O5. The molecule has 0 saturated carbocycles. The van der Waals surface area contributed by atoms with Gasteiger partial charge in [-0.2, -0.15) is 0 Å². The minimum atomic E-state index is -1.20. The first kappa shape index (κ1) is 15.2. The van der Waals surface area contributed by atoms with Gasteiger partial charge >= 0.3 is 12.0 Å². The third-order valence-electron chi connectivity index (χ3n) is 1.65. The molecule has 8 heteroatoms. The van der Waals surface area contributed by atoms with Crippen LogP contribution >= 0.6 is 0 Å². The summed E-state index contributed by atoms with van der Waals surface area (Å²) in [7, 11) is 1.39. The van der Waals surface area contributed by atoms with Gasteiger partial charge in [-0.05, 0) is 6.42 Å². The Morgan fingerprint density at radius 1 is 1.35 bits per heavy atom. The monoisotopic (exact) mass is 247 g/mol. The molecule has 17 heavy (non-hydrogen) atoms. The van der Waals surface area contributed by atoms with Gasteiger partial charge in [-0.3, -0.25) is 9.63 Å². The third-order valence-corrected chi connectivity index (χ3v) is 1.65. The molecule has 0 bridgehead atoms. The second-order valence-corrected chi connectivity index (χ2v) is 3.30. The lowest BCUT2D eigenvalue weighted by Crippen LogP contribution is -2.43. The van der Waals surface area contributed by atoms with E-state index in [-0.39, 0.29) is 12.5 Å². The summed E-state index contributed by atoms with van der Waals surface area (Å²) in [6.45, 7) is 1.70. The van der Waals surface area contributed by atoms with Gasteiger partial charge in [0.25, 0.3) is 0 Å². The zero-order chi connectivity index (χ0) is 13.3. The number of carbonyl (C=O) groups excluding carboxylic acids is 2. The molecule has 0 heterocycles. The number of hydroxylamine groups is 1. The van der Waals surface area contributed by atoms with Crippen molar-refractivity contribution in [1.29, 1.82) is 0 Å². The van der Waals surface area contributed by atoms with Gasteiger partial charge in [-0.1, -0.05) is 6.92 Å². The van der Waals surface area contributed by atoms with Crippen molar-refractivity contribution in [3.63, 3.8) is 0 Å². The van der Waals surface area contributed by atoms with Gasteiger partial charge in [0.2, 0.25) is 5.91 Å². The number of rotatable bonds is 7. The van der Waals surface area contributed by atoms with Crippen LogP contribution in [0.15, 0.2) is 0 Å². The standard InChI is InChI=1S/C9H17N3O5/c1-3-4-10-7(13)5-12(2)9(16)11-17-6-8(14)15/h3-6H2,1-2H3,(H,10,13)(H,11,16)(H,14,15). The van der Waals surface area contributed by atoms with E-state index in [4.69, 9.17) is 5.11 Å². The number of nitrogens with zero attached hydrogens (tertiary/aromatic N) is 1. The molecule has 0 atom stereocenters. The Labute approximate surface area is 98.9 Å². The van der Waals surface area contributed by atoms with E-state index in [2.05, 4.69) is 10.2 Å². The summed E-state index contributed by atoms with van der Waals surface area (Å²) in [5, 5.41) is 10.9. The van der Waals surface area contributed by atoms with Gasteiger partial charge < -0.3 is 15.3 Å². The molecule has 0 fully saturated rings. The predicted octanol–water partition coefficient (Wildman–Crippen LogP) is -0.830. The highest BCUT2D eigenvalue weighted by atomic mass is 16.7. The van der Waals surface area contributed by atoms with E-state index in [1.807, 2.05) is 12.4 Å². The van der Waals surface area contributed by atoms with Gasteiger partial charge in [0.05, 0.1) is 0 Å². The van der Waals surface area contributed by atoms with E-state index in [9.17, 15) is 14.4 Å². The van der Waals surface area contributed by atoms with E-state index >= 15 is 0 Å². The van der Waals surface area contributed by atoms with Crippen molar-refractivity contribution in [2.24, 2.45) is 0 Å². The minimum Gasteiger partial charge on any atom is -0.479 e. The molecule has 0 rings (SSSR count). The minimum absolute atomic E-state index is 0.123. The first-order valence-electron chi connectivity index (χ1n) is 5.08. The van der Waals surface area contributed by atoms with Crippen molar-refractivity contribution in [1.82, 2.24) is 15.7 Å². The zero-order valence-corrected chi connectivity index (χ0v) is 9.86. The van der Waals surface area contributed by atoms with Gasteiger partial charge in [0, 0.05) is 13.6 Å². The van der Waals surface area contributed by atoms with E-state index in [1.165, 1.54) is 7.05 Å². The van der Waals surface area contributed by atoms with E-state index in [0.717, 1.165) is 11.3 Å². The SMILES string of the molecule is CCCNC(=O)CN(C)C(=O)NOCC(=O)O. The van der Waals surface area contributed by atoms with E-state index < -0.39 is 18.6 Å². The molecule has 0 spiro atoms. The summed E-state index contributed by atoms with van der Waals surface area (Å²) in [4.78, 5) is 38.0. The molecule has 3 N–H and O–H groups in total. The molecule has 0 aliphatic rings. The first-order chi connectivity index (χ1) is 7.97. The molecule has 0 saturated heterocycles. The first-order valence-corrected chi connectivity index (χ1v) is 5.08. The van der Waals surface area contributed by atoms with Crippen LogP contribution in [-0.2, 0) is 14.4 Å². The maximum absolute atomic E-state index is 11.3. The van der Waals surface area contributed by atoms with Gasteiger partial charge in [0.1, 0.15) is 6.54 Å². The van der Waals surface area contributed by atoms with Crippen molar-refractivity contribution in [2.45, 2.75) is 13.3 Å². The quantitative estimate of drug-likeness (QED) is 0.509. The van der Waals surface area contributed by atoms with Crippen LogP contribution in [0.2, 0.25) is 0 Å². The van der Waals surface area contributed by atoms with Gasteiger partial charge in [-0.15, -0.1) is 0 Å². The predicted molar refractivity (Wildman–Crippen MR) is 58.1 cm³/mol. The Morgan fingerprint density at radius 2 is 2.00 bits per heavy atom. The number of carbonyl (C=O) groups is 3. The Balaban J connectivity index is 3.80. The number of nitrogens with one attached hydrogen (secondary N) is 2. The highest BCUT2D eigenvalue weighted by Gasteiger charge is 2.12. The van der Waals surface area contributed by atoms with Crippen LogP contribution in [0.1, 0.15) is 13.3 Å². The topological polar surface area (TPSA) is 108 Å². The molecule has 0 aromatic rings. The summed E-state index contributed by atoms with van der Waals surface area (Å²) in [5.41, 5.74) is 1.90. The van der Waals surface area contributed by atoms with Crippen molar-refractivity contribution >= 4 is 17.9 Å². The maximum Gasteiger partial charge on any atom is 0.341 e. The normalized spacial score (nSPS) is 9.53. The highest BCUT2D eigenvalue weighted by molar-refractivity contribution is 5.83. The molecule has 0 aliphatic carbocycles. The molecule has 3 amide bonds. The summed E-state index contributed by atoms with van der Waals surface area (Å²) in [6.07, 6.45) is 0.809. The number of carboxylic acids is 1. The summed E-state index contributed by atoms with van der Waals surface area (Å²) < 4.78 is 0. The fraction of sp³-hybridized carbons (Fsp3) is 0.667. The molecule has 0 radical (unpaired) electrons. The molecule has 98 valence electrons. The van der Waals surface area contributed by atoms with Crippen molar-refractivity contribution in [3.05, 3.63) is 0 Å². The van der Waals surface area contributed by atoms with E-state index in [1.54, 1.807) is 0 Å². The van der Waals surface area contributed by atoms with Gasteiger partial charge in [0.15, 0.2) is 6.61 Å². The van der Waals surface area contributed by atoms with Crippen LogP contribution in [0, 0.1) is 0 Å². The third kappa shape index (κ3) is 8.03. The second kappa shape index (κ2) is 8.34. The molecule has 0 unspecified atom stereocenters. The van der Waals surface area contributed by atoms with Crippen LogP contribution in [0.3, 0.4) is 0 Å². The summed E-state index contributed by atoms with van der Waals surface area (Å²) >= 11 is 0. The van der Waals surface area contributed by atoms with Crippen LogP contribution in [-0.4, -0.2) is 54.7 Å². The highest BCUT2D eigenvalue weighted by Crippen LogP contribution is 1.85. The number of amides is 3. The van der Waals surface area contributed by atoms with Crippen LogP contribution in [0.25, 0.3) is 0 Å². The smallest absolute Gasteiger partial charge is 0.341 e. The number of hydrogen-bond donors (Lipinski definition) is 3.